The third-order valence-corrected chi connectivity index (χ3v) is 12.3. The standard InChI is InChI=1S/C56H36N4/c1-5-18-37(19-6-1)49-35-50(38-20-7-2-8-21-38)59-55(58-49)39-22-17-27-42(34-39)60-51-31-16-14-29-44(51)47-36-57-53-46(54(47)60)33-32-45-43-28-13-15-30-48(43)56(52(45)53,40-23-9-3-10-24-40)41-25-11-4-12-26-41/h1-36H. The molecular weight excluding hydrogens is 729 g/mol. The zero-order valence-electron chi connectivity index (χ0n) is 32.6. The number of rotatable bonds is 6. The number of pyridine rings is 1. The summed E-state index contributed by atoms with van der Waals surface area (Å²) >= 11 is 0. The first-order valence-corrected chi connectivity index (χ1v) is 20.4. The van der Waals surface area contributed by atoms with Crippen LogP contribution in [-0.2, 0) is 5.41 Å². The van der Waals surface area contributed by atoms with Crippen molar-refractivity contribution >= 4 is 32.7 Å². The molecule has 0 saturated heterocycles. The molecule has 0 saturated carbocycles. The molecule has 0 radical (unpaired) electrons. The third-order valence-electron chi connectivity index (χ3n) is 12.3. The summed E-state index contributed by atoms with van der Waals surface area (Å²) in [7, 11) is 0. The number of para-hydroxylation sites is 1. The van der Waals surface area contributed by atoms with Crippen molar-refractivity contribution in [2.24, 2.45) is 0 Å². The quantitative estimate of drug-likeness (QED) is 0.169. The summed E-state index contributed by atoms with van der Waals surface area (Å²) in [6.07, 6.45) is 2.10. The van der Waals surface area contributed by atoms with E-state index in [9.17, 15) is 0 Å². The van der Waals surface area contributed by atoms with E-state index >= 15 is 0 Å². The summed E-state index contributed by atoms with van der Waals surface area (Å²) in [5.74, 6) is 0.676. The Hall–Kier alpha value is -7.95. The highest BCUT2D eigenvalue weighted by Crippen LogP contribution is 2.58. The van der Waals surface area contributed by atoms with Crippen LogP contribution in [0.3, 0.4) is 0 Å². The van der Waals surface area contributed by atoms with Gasteiger partial charge in [-0.15, -0.1) is 0 Å². The molecule has 8 aromatic carbocycles. The molecule has 3 heterocycles. The van der Waals surface area contributed by atoms with Crippen molar-refractivity contribution in [2.75, 3.05) is 0 Å². The largest absolute Gasteiger partial charge is 0.308 e. The van der Waals surface area contributed by atoms with E-state index < -0.39 is 5.41 Å². The number of benzene rings is 8. The molecule has 0 amide bonds. The summed E-state index contributed by atoms with van der Waals surface area (Å²) < 4.78 is 2.42. The van der Waals surface area contributed by atoms with Crippen molar-refractivity contribution in [3.63, 3.8) is 0 Å². The second-order valence-electron chi connectivity index (χ2n) is 15.5. The summed E-state index contributed by atoms with van der Waals surface area (Å²) in [4.78, 5) is 15.9. The van der Waals surface area contributed by atoms with Gasteiger partial charge in [-0.3, -0.25) is 4.98 Å². The number of nitrogens with zero attached hydrogens (tertiary/aromatic N) is 4. The average Bonchev–Trinajstić information content (AvgIpc) is 3.84. The molecule has 60 heavy (non-hydrogen) atoms. The monoisotopic (exact) mass is 764 g/mol. The Labute approximate surface area is 347 Å². The first-order chi connectivity index (χ1) is 29.8. The Morgan fingerprint density at radius 3 is 1.68 bits per heavy atom. The molecule has 0 unspecified atom stereocenters. The Morgan fingerprint density at radius 1 is 0.417 bits per heavy atom. The maximum atomic E-state index is 5.48. The number of hydrogen-bond acceptors (Lipinski definition) is 3. The predicted octanol–water partition coefficient (Wildman–Crippen LogP) is 13.5. The maximum absolute atomic E-state index is 5.48. The fourth-order valence-corrected chi connectivity index (χ4v) is 9.78. The number of hydrogen-bond donors (Lipinski definition) is 0. The zero-order valence-corrected chi connectivity index (χ0v) is 32.6. The second kappa shape index (κ2) is 13.6. The van der Waals surface area contributed by atoms with Crippen molar-refractivity contribution < 1.29 is 0 Å². The fourth-order valence-electron chi connectivity index (χ4n) is 9.78. The highest BCUT2D eigenvalue weighted by Gasteiger charge is 2.47. The Balaban J connectivity index is 1.14. The molecule has 0 N–H and O–H groups in total. The van der Waals surface area contributed by atoms with Crippen LogP contribution >= 0.6 is 0 Å². The van der Waals surface area contributed by atoms with Crippen LogP contribution in [0, 0.1) is 0 Å². The topological polar surface area (TPSA) is 43.6 Å². The molecule has 0 aliphatic heterocycles. The van der Waals surface area contributed by atoms with Gasteiger partial charge in [-0.2, -0.15) is 0 Å². The van der Waals surface area contributed by atoms with Crippen molar-refractivity contribution in [1.82, 2.24) is 19.5 Å². The molecule has 1 aliphatic carbocycles. The van der Waals surface area contributed by atoms with Crippen LogP contribution in [-0.4, -0.2) is 19.5 Å². The molecule has 1 aliphatic rings. The summed E-state index contributed by atoms with van der Waals surface area (Å²) in [5, 5.41) is 3.37. The SMILES string of the molecule is c1ccc(-c2cc(-c3ccccc3)nc(-c3cccc(-n4c5ccccc5c5cnc6c7c(ccc6c54)-c4ccccc4C7(c4ccccc4)c4ccccc4)c3)n2)cc1. The smallest absolute Gasteiger partial charge is 0.160 e. The minimum absolute atomic E-state index is 0.580. The van der Waals surface area contributed by atoms with Crippen molar-refractivity contribution in [2.45, 2.75) is 5.41 Å². The van der Waals surface area contributed by atoms with Gasteiger partial charge in [-0.05, 0) is 52.1 Å². The predicted molar refractivity (Wildman–Crippen MR) is 245 cm³/mol. The molecular formula is C56H36N4. The molecule has 0 atom stereocenters. The van der Waals surface area contributed by atoms with Gasteiger partial charge >= 0.3 is 0 Å². The van der Waals surface area contributed by atoms with Gasteiger partial charge in [0.25, 0.3) is 0 Å². The first-order valence-electron chi connectivity index (χ1n) is 20.4. The average molecular weight is 765 g/mol. The van der Waals surface area contributed by atoms with Crippen LogP contribution in [0.2, 0.25) is 0 Å². The molecule has 0 spiro atoms. The first kappa shape index (κ1) is 34.1. The van der Waals surface area contributed by atoms with Crippen LogP contribution in [0.1, 0.15) is 22.3 Å². The summed E-state index contributed by atoms with van der Waals surface area (Å²) in [5.41, 5.74) is 15.9. The summed E-state index contributed by atoms with van der Waals surface area (Å²) in [6, 6.07) is 75.6. The zero-order chi connectivity index (χ0) is 39.6. The molecule has 4 nitrogen and oxygen atoms in total. The van der Waals surface area contributed by atoms with Crippen LogP contribution in [0.4, 0.5) is 0 Å². The van der Waals surface area contributed by atoms with Gasteiger partial charge in [-0.1, -0.05) is 188 Å². The number of aromatic nitrogens is 4. The molecule has 0 bridgehead atoms. The lowest BCUT2D eigenvalue weighted by molar-refractivity contribution is 0.773. The highest BCUT2D eigenvalue weighted by molar-refractivity contribution is 6.19. The molecule has 280 valence electrons. The normalized spacial score (nSPS) is 12.8. The third kappa shape index (κ3) is 5.07. The van der Waals surface area contributed by atoms with Gasteiger partial charge in [0.05, 0.1) is 33.4 Å². The minimum Gasteiger partial charge on any atom is -0.308 e. The van der Waals surface area contributed by atoms with Gasteiger partial charge in [0.1, 0.15) is 0 Å². The second-order valence-corrected chi connectivity index (χ2v) is 15.5. The lowest BCUT2D eigenvalue weighted by Crippen LogP contribution is -2.29. The minimum atomic E-state index is -0.580. The van der Waals surface area contributed by atoms with E-state index in [2.05, 4.69) is 211 Å². The van der Waals surface area contributed by atoms with Gasteiger partial charge in [0.2, 0.25) is 0 Å². The lowest BCUT2D eigenvalue weighted by atomic mass is 9.67. The number of fused-ring (bicyclic) bond motifs is 9. The van der Waals surface area contributed by atoms with E-state index in [0.29, 0.717) is 5.82 Å². The van der Waals surface area contributed by atoms with Gasteiger partial charge in [0, 0.05) is 50.3 Å². The molecule has 4 heteroatoms. The molecule has 3 aromatic heterocycles. The van der Waals surface area contributed by atoms with Gasteiger partial charge < -0.3 is 4.57 Å². The molecule has 0 fully saturated rings. The Kier molecular flexibility index (Phi) is 7.72. The van der Waals surface area contributed by atoms with E-state index in [-0.39, 0.29) is 0 Å². The van der Waals surface area contributed by atoms with Crippen LogP contribution in [0.5, 0.6) is 0 Å². The molecule has 12 rings (SSSR count). The lowest BCUT2D eigenvalue weighted by Gasteiger charge is -2.34. The molecule has 11 aromatic rings. The summed E-state index contributed by atoms with van der Waals surface area (Å²) in [6.45, 7) is 0. The van der Waals surface area contributed by atoms with E-state index in [0.717, 1.165) is 66.5 Å². The van der Waals surface area contributed by atoms with Crippen LogP contribution in [0.15, 0.2) is 219 Å². The van der Waals surface area contributed by atoms with Crippen molar-refractivity contribution in [1.29, 1.82) is 0 Å². The van der Waals surface area contributed by atoms with Gasteiger partial charge in [0.15, 0.2) is 5.82 Å². The van der Waals surface area contributed by atoms with Crippen LogP contribution < -0.4 is 0 Å². The Bertz CT molecular complexity index is 3310. The van der Waals surface area contributed by atoms with E-state index in [4.69, 9.17) is 15.0 Å². The van der Waals surface area contributed by atoms with Crippen LogP contribution in [0.25, 0.3) is 83.4 Å². The van der Waals surface area contributed by atoms with E-state index in [1.807, 2.05) is 12.1 Å². The maximum Gasteiger partial charge on any atom is 0.160 e. The Morgan fingerprint density at radius 2 is 1.00 bits per heavy atom. The fraction of sp³-hybridized carbons (Fsp3) is 0.0179. The van der Waals surface area contributed by atoms with Crippen molar-refractivity contribution in [3.8, 4) is 50.7 Å². The van der Waals surface area contributed by atoms with Gasteiger partial charge in [-0.25, -0.2) is 9.97 Å². The van der Waals surface area contributed by atoms with E-state index in [1.54, 1.807) is 0 Å². The van der Waals surface area contributed by atoms with E-state index in [1.165, 1.54) is 33.4 Å². The van der Waals surface area contributed by atoms with Crippen molar-refractivity contribution in [3.05, 3.63) is 241 Å². The highest BCUT2D eigenvalue weighted by atomic mass is 15.0.